The first-order chi connectivity index (χ1) is 20.3. The van der Waals surface area contributed by atoms with E-state index < -0.39 is 55.4 Å². The van der Waals surface area contributed by atoms with Crippen molar-refractivity contribution in [1.29, 1.82) is 0 Å². The maximum atomic E-state index is 14.1. The van der Waals surface area contributed by atoms with Crippen LogP contribution in [0.4, 0.5) is 26.3 Å². The number of nitrogens with one attached hydrogen (secondary N) is 1. The first-order valence-electron chi connectivity index (χ1n) is 14.2. The smallest absolute Gasteiger partial charge is 0.363 e. The Kier molecular flexibility index (Phi) is 8.65. The lowest BCUT2D eigenvalue weighted by molar-refractivity contribution is -0.144. The Morgan fingerprint density at radius 1 is 1.12 bits per heavy atom. The fraction of sp³-hybridized carbons (Fsp3) is 0.630. The molecule has 43 heavy (non-hydrogen) atoms. The summed E-state index contributed by atoms with van der Waals surface area (Å²) >= 11 is 0. The zero-order valence-electron chi connectivity index (χ0n) is 23.2. The highest BCUT2D eigenvalue weighted by molar-refractivity contribution is 5.89. The van der Waals surface area contributed by atoms with E-state index in [9.17, 15) is 35.9 Å². The van der Waals surface area contributed by atoms with Crippen LogP contribution in [0.3, 0.4) is 0 Å². The Balaban J connectivity index is 1.47. The number of carbonyl (C=O) groups excluding carboxylic acids is 2. The summed E-state index contributed by atoms with van der Waals surface area (Å²) in [6, 6.07) is 1.14. The molecular formula is C27H32F6N8O2. The van der Waals surface area contributed by atoms with Gasteiger partial charge in [-0.25, -0.2) is 27.9 Å². The van der Waals surface area contributed by atoms with Crippen molar-refractivity contribution in [3.05, 3.63) is 41.4 Å². The summed E-state index contributed by atoms with van der Waals surface area (Å²) < 4.78 is 81.6. The summed E-state index contributed by atoms with van der Waals surface area (Å²) in [5, 5.41) is 11.5. The second-order valence-electron chi connectivity index (χ2n) is 11.3. The van der Waals surface area contributed by atoms with E-state index in [0.717, 1.165) is 12.8 Å². The van der Waals surface area contributed by atoms with Gasteiger partial charge in [0.05, 0.1) is 43.1 Å². The molecule has 2 aliphatic carbocycles. The first kappa shape index (κ1) is 30.7. The summed E-state index contributed by atoms with van der Waals surface area (Å²) in [6.07, 6.45) is -1.97. The van der Waals surface area contributed by atoms with Crippen molar-refractivity contribution in [3.63, 3.8) is 0 Å². The second kappa shape index (κ2) is 12.1. The van der Waals surface area contributed by atoms with Gasteiger partial charge in [-0.05, 0) is 55.6 Å². The highest BCUT2D eigenvalue weighted by Gasteiger charge is 2.41. The van der Waals surface area contributed by atoms with Crippen LogP contribution in [0.5, 0.6) is 0 Å². The molecule has 2 aliphatic rings. The summed E-state index contributed by atoms with van der Waals surface area (Å²) in [7, 11) is 0. The minimum absolute atomic E-state index is 0.0462. The monoisotopic (exact) mass is 614 g/mol. The van der Waals surface area contributed by atoms with Crippen LogP contribution >= 0.6 is 0 Å². The lowest BCUT2D eigenvalue weighted by atomic mass is 9.77. The summed E-state index contributed by atoms with van der Waals surface area (Å²) in [4.78, 5) is 33.4. The van der Waals surface area contributed by atoms with E-state index in [-0.39, 0.29) is 62.1 Å². The van der Waals surface area contributed by atoms with Crippen molar-refractivity contribution in [2.24, 2.45) is 17.6 Å². The van der Waals surface area contributed by atoms with Gasteiger partial charge in [0.15, 0.2) is 11.5 Å². The normalized spacial score (nSPS) is 18.9. The van der Waals surface area contributed by atoms with Crippen molar-refractivity contribution in [1.82, 2.24) is 34.7 Å². The molecule has 0 bridgehead atoms. The van der Waals surface area contributed by atoms with Crippen LogP contribution in [-0.4, -0.2) is 60.0 Å². The maximum absolute atomic E-state index is 14.1. The molecule has 0 spiro atoms. The van der Waals surface area contributed by atoms with E-state index in [2.05, 4.69) is 20.5 Å². The third-order valence-corrected chi connectivity index (χ3v) is 8.01. The Hall–Kier alpha value is -3.72. The van der Waals surface area contributed by atoms with Gasteiger partial charge in [-0.15, -0.1) is 0 Å². The van der Waals surface area contributed by atoms with Crippen LogP contribution in [0.2, 0.25) is 0 Å². The maximum Gasteiger partial charge on any atom is 0.389 e. The van der Waals surface area contributed by atoms with Gasteiger partial charge in [-0.1, -0.05) is 0 Å². The molecule has 0 aliphatic heterocycles. The molecule has 5 rings (SSSR count). The number of imidazole rings is 1. The largest absolute Gasteiger partial charge is 0.389 e. The first-order valence-corrected chi connectivity index (χ1v) is 14.2. The van der Waals surface area contributed by atoms with Gasteiger partial charge < -0.3 is 11.1 Å². The Morgan fingerprint density at radius 2 is 1.84 bits per heavy atom. The van der Waals surface area contributed by atoms with Crippen LogP contribution in [0.1, 0.15) is 97.4 Å². The predicted octanol–water partition coefficient (Wildman–Crippen LogP) is 4.65. The lowest BCUT2D eigenvalue weighted by Crippen LogP contribution is -2.30. The van der Waals surface area contributed by atoms with Crippen LogP contribution in [-0.2, 0) is 11.3 Å². The second-order valence-corrected chi connectivity index (χ2v) is 11.3. The van der Waals surface area contributed by atoms with Gasteiger partial charge in [0.25, 0.3) is 5.91 Å². The molecule has 3 aromatic heterocycles. The molecule has 2 atom stereocenters. The van der Waals surface area contributed by atoms with Crippen molar-refractivity contribution in [3.8, 4) is 0 Å². The fourth-order valence-electron chi connectivity index (χ4n) is 5.65. The molecule has 3 aromatic rings. The van der Waals surface area contributed by atoms with Crippen molar-refractivity contribution in [2.75, 3.05) is 6.67 Å². The van der Waals surface area contributed by atoms with E-state index >= 15 is 0 Å². The minimum atomic E-state index is -4.44. The predicted molar refractivity (Wildman–Crippen MR) is 140 cm³/mol. The molecule has 0 radical (unpaired) electrons. The molecule has 2 fully saturated rings. The van der Waals surface area contributed by atoms with Gasteiger partial charge in [-0.2, -0.15) is 23.4 Å². The van der Waals surface area contributed by atoms with Crippen molar-refractivity contribution < 1.29 is 35.9 Å². The minimum Gasteiger partial charge on any atom is -0.363 e. The zero-order valence-corrected chi connectivity index (χ0v) is 23.2. The third kappa shape index (κ3) is 7.44. The van der Waals surface area contributed by atoms with Crippen LogP contribution < -0.4 is 11.1 Å². The Labute approximate surface area is 242 Å². The van der Waals surface area contributed by atoms with Gasteiger partial charge in [0.2, 0.25) is 17.7 Å². The molecule has 10 nitrogen and oxygen atoms in total. The molecule has 3 N–H and O–H groups in total. The Bertz CT molecular complexity index is 1460. The standard InChI is InChI=1S/C27H32F6N8O2/c28-10-1-11-40-25(23(34)43)38-24(39-40)21(15-4-7-26(29,30)8-5-15)18-14-41-19(36-18)12-17(13-35-41)22(16-2-3-16)37-20(42)6-9-27(31,32)33/h12-16,21-22H,1-11H2,(H2,34,43)(H,37,42)/t21-,22+/m0/s1. The van der Waals surface area contributed by atoms with Crippen LogP contribution in [0.25, 0.3) is 5.65 Å². The number of fused-ring (bicyclic) bond motifs is 1. The van der Waals surface area contributed by atoms with Gasteiger partial charge >= 0.3 is 6.18 Å². The van der Waals surface area contributed by atoms with E-state index in [1.165, 1.54) is 15.4 Å². The number of aryl methyl sites for hydroxylation is 1. The van der Waals surface area contributed by atoms with Gasteiger partial charge in [0, 0.05) is 25.8 Å². The van der Waals surface area contributed by atoms with Gasteiger partial charge in [0.1, 0.15) is 0 Å². The zero-order chi connectivity index (χ0) is 30.9. The van der Waals surface area contributed by atoms with E-state index in [1.54, 1.807) is 12.3 Å². The number of halogens is 6. The van der Waals surface area contributed by atoms with Crippen LogP contribution in [0.15, 0.2) is 18.5 Å². The molecule has 0 saturated heterocycles. The fourth-order valence-corrected chi connectivity index (χ4v) is 5.65. The number of primary amides is 1. The topological polar surface area (TPSA) is 133 Å². The summed E-state index contributed by atoms with van der Waals surface area (Å²) in [6.45, 7) is -0.607. The SMILES string of the molecule is NC(=O)c1nc([C@H](c2cn3ncc([C@H](NC(=O)CCC(F)(F)F)C4CC4)cc3n2)C2CCC(F)(F)CC2)nn1CCCF. The summed E-state index contributed by atoms with van der Waals surface area (Å²) in [5.74, 6) is -5.41. The molecule has 2 amide bonds. The molecule has 2 saturated carbocycles. The number of amides is 2. The number of carbonyl (C=O) groups is 2. The highest BCUT2D eigenvalue weighted by Crippen LogP contribution is 2.45. The number of hydrogen-bond donors (Lipinski definition) is 2. The molecule has 16 heteroatoms. The number of nitrogens with zero attached hydrogens (tertiary/aromatic N) is 6. The van der Waals surface area contributed by atoms with E-state index in [0.29, 0.717) is 16.9 Å². The molecule has 234 valence electrons. The average Bonchev–Trinajstić information content (AvgIpc) is 3.56. The number of nitrogens with two attached hydrogens (primary N) is 1. The molecular weight excluding hydrogens is 582 g/mol. The summed E-state index contributed by atoms with van der Waals surface area (Å²) in [5.41, 5.74) is 6.84. The number of rotatable bonds is 12. The average molecular weight is 615 g/mol. The lowest BCUT2D eigenvalue weighted by Gasteiger charge is -2.31. The number of hydrogen-bond acceptors (Lipinski definition) is 6. The Morgan fingerprint density at radius 3 is 2.47 bits per heavy atom. The number of alkyl halides is 6. The molecule has 3 heterocycles. The van der Waals surface area contributed by atoms with E-state index in [1.807, 2.05) is 0 Å². The van der Waals surface area contributed by atoms with E-state index in [4.69, 9.17) is 10.7 Å². The molecule has 0 aromatic carbocycles. The molecule has 0 unspecified atom stereocenters. The van der Waals surface area contributed by atoms with Crippen LogP contribution in [0, 0.1) is 11.8 Å². The van der Waals surface area contributed by atoms with Gasteiger partial charge in [-0.3, -0.25) is 14.0 Å². The van der Waals surface area contributed by atoms with Crippen molar-refractivity contribution >= 4 is 17.5 Å². The number of aromatic nitrogens is 6. The van der Waals surface area contributed by atoms with Crippen molar-refractivity contribution in [2.45, 2.75) is 88.4 Å². The quantitative estimate of drug-likeness (QED) is 0.286. The highest BCUT2D eigenvalue weighted by atomic mass is 19.4. The third-order valence-electron chi connectivity index (χ3n) is 8.01.